The number of ether oxygens (including phenoxy) is 5. The van der Waals surface area contributed by atoms with Gasteiger partial charge in [0.1, 0.15) is 47.5 Å². The highest BCUT2D eigenvalue weighted by atomic mass is 16.5. The number of benzene rings is 5. The average Bonchev–Trinajstić information content (AvgIpc) is 3.57. The zero-order valence-electron chi connectivity index (χ0n) is 28.8. The highest BCUT2D eigenvalue weighted by molar-refractivity contribution is 6.01. The van der Waals surface area contributed by atoms with E-state index in [1.54, 1.807) is 33.4 Å². The molecule has 2 aliphatic rings. The number of hydrogen-bond acceptors (Lipinski definition) is 8. The fourth-order valence-electron chi connectivity index (χ4n) is 7.31. The maximum atomic E-state index is 13.7. The van der Waals surface area contributed by atoms with Crippen LogP contribution in [0.1, 0.15) is 33.7 Å². The Balaban J connectivity index is 1.39. The number of nitrogens with one attached hydrogen (secondary N) is 1. The first-order valence-electron chi connectivity index (χ1n) is 16.5. The Morgan fingerprint density at radius 2 is 1.47 bits per heavy atom. The van der Waals surface area contributed by atoms with Gasteiger partial charge < -0.3 is 34.1 Å². The fraction of sp³-hybridized carbons (Fsp3) is 0.190. The Morgan fingerprint density at radius 1 is 0.824 bits per heavy atom. The summed E-state index contributed by atoms with van der Waals surface area (Å²) >= 11 is 0. The number of rotatable bonds is 11. The van der Waals surface area contributed by atoms with Crippen LogP contribution in [0.4, 0.5) is 0 Å². The summed E-state index contributed by atoms with van der Waals surface area (Å²) in [4.78, 5) is 18.1. The first-order chi connectivity index (χ1) is 24.9. The quantitative estimate of drug-likeness (QED) is 0.0903. The Hall–Kier alpha value is -6.06. The van der Waals surface area contributed by atoms with E-state index in [1.807, 2.05) is 109 Å². The van der Waals surface area contributed by atoms with Crippen LogP contribution in [-0.4, -0.2) is 45.6 Å². The van der Waals surface area contributed by atoms with Crippen LogP contribution >= 0.6 is 0 Å². The molecule has 9 heteroatoms. The Labute approximate surface area is 296 Å². The second-order valence-electron chi connectivity index (χ2n) is 12.3. The number of aliphatic hydroxyl groups is 1. The molecule has 0 spiro atoms. The van der Waals surface area contributed by atoms with Crippen LogP contribution in [0.2, 0.25) is 0 Å². The van der Waals surface area contributed by atoms with E-state index in [-0.39, 0.29) is 5.70 Å². The van der Waals surface area contributed by atoms with Crippen molar-refractivity contribution in [3.05, 3.63) is 160 Å². The summed E-state index contributed by atoms with van der Waals surface area (Å²) in [5.41, 5.74) is 0.424. The summed E-state index contributed by atoms with van der Waals surface area (Å²) in [5, 5.41) is 17.1. The van der Waals surface area contributed by atoms with Gasteiger partial charge in [-0.2, -0.15) is 0 Å². The van der Waals surface area contributed by atoms with Gasteiger partial charge in [0, 0.05) is 35.9 Å². The van der Waals surface area contributed by atoms with E-state index in [2.05, 4.69) is 10.3 Å². The van der Waals surface area contributed by atoms with Crippen molar-refractivity contribution in [1.82, 2.24) is 5.32 Å². The number of hydrogen-bond donors (Lipinski definition) is 2. The SMILES string of the molecule is CN=C(NC1=C(C=O)C(c2ccccc2)C2(c3ccc(OC)cc3)Oc3cc(OC)cc(OC)c3C12O)c1ccc(OCc2ccccc2)cc1. The van der Waals surface area contributed by atoms with Crippen LogP contribution < -0.4 is 29.0 Å². The third-order valence-electron chi connectivity index (χ3n) is 9.66. The molecule has 0 saturated heterocycles. The lowest BCUT2D eigenvalue weighted by Gasteiger charge is -2.41. The van der Waals surface area contributed by atoms with E-state index in [4.69, 9.17) is 23.7 Å². The largest absolute Gasteiger partial charge is 0.497 e. The summed E-state index contributed by atoms with van der Waals surface area (Å²) in [5.74, 6) is 2.11. The number of fused-ring (bicyclic) bond motifs is 3. The molecule has 3 unspecified atom stereocenters. The average molecular weight is 683 g/mol. The summed E-state index contributed by atoms with van der Waals surface area (Å²) in [6, 6.07) is 37.7. The number of aliphatic imine (C=N–C) groups is 1. The van der Waals surface area contributed by atoms with Gasteiger partial charge >= 0.3 is 0 Å². The van der Waals surface area contributed by atoms with Crippen molar-refractivity contribution >= 4 is 12.1 Å². The molecule has 7 rings (SSSR count). The lowest BCUT2D eigenvalue weighted by atomic mass is 9.69. The third kappa shape index (κ3) is 5.46. The third-order valence-corrected chi connectivity index (χ3v) is 9.66. The summed E-state index contributed by atoms with van der Waals surface area (Å²) < 4.78 is 30.1. The zero-order valence-corrected chi connectivity index (χ0v) is 28.8. The Bertz CT molecular complexity index is 2100. The highest BCUT2D eigenvalue weighted by Crippen LogP contribution is 2.69. The van der Waals surface area contributed by atoms with Crippen molar-refractivity contribution < 1.29 is 33.6 Å². The molecule has 1 heterocycles. The molecule has 0 radical (unpaired) electrons. The minimum atomic E-state index is -2.00. The van der Waals surface area contributed by atoms with Crippen molar-refractivity contribution in [2.24, 2.45) is 4.99 Å². The van der Waals surface area contributed by atoms with Gasteiger partial charge in [0.2, 0.25) is 0 Å². The summed E-state index contributed by atoms with van der Waals surface area (Å²) in [6.45, 7) is 0.427. The van der Waals surface area contributed by atoms with E-state index in [9.17, 15) is 9.90 Å². The smallest absolute Gasteiger partial charge is 0.184 e. The molecule has 0 saturated carbocycles. The molecule has 51 heavy (non-hydrogen) atoms. The molecular formula is C42H38N2O7. The van der Waals surface area contributed by atoms with Gasteiger partial charge in [-0.05, 0) is 47.5 Å². The van der Waals surface area contributed by atoms with Crippen molar-refractivity contribution in [2.75, 3.05) is 28.4 Å². The van der Waals surface area contributed by atoms with Crippen LogP contribution in [0.5, 0.6) is 28.7 Å². The normalized spacial score (nSPS) is 20.6. The topological polar surface area (TPSA) is 108 Å². The molecule has 0 amide bonds. The van der Waals surface area contributed by atoms with Gasteiger partial charge in [-0.1, -0.05) is 72.8 Å². The number of aldehydes is 1. The van der Waals surface area contributed by atoms with Gasteiger partial charge in [-0.25, -0.2) is 0 Å². The molecule has 0 bridgehead atoms. The maximum Gasteiger partial charge on any atom is 0.184 e. The molecule has 1 aliphatic heterocycles. The number of carbonyl (C=O) groups excluding carboxylic acids is 1. The lowest BCUT2D eigenvalue weighted by molar-refractivity contribution is -0.107. The van der Waals surface area contributed by atoms with Crippen molar-refractivity contribution in [1.29, 1.82) is 0 Å². The molecule has 5 aromatic carbocycles. The van der Waals surface area contributed by atoms with E-state index in [0.717, 1.165) is 17.4 Å². The standard InChI is InChI=1S/C42H38N2O7/c1-43-40(29-15-19-32(20-16-29)50-26-27-11-7-5-8-12-27)44-39-34(25-45)37(28-13-9-6-10-14-28)42(30-17-21-31(47-2)22-18-30)41(39,46)38-35(49-4)23-33(48-3)24-36(38)51-42/h5-25,37,46H,26H2,1-4H3,(H,43,44). The summed E-state index contributed by atoms with van der Waals surface area (Å²) in [7, 11) is 6.31. The molecule has 2 N–H and O–H groups in total. The van der Waals surface area contributed by atoms with E-state index in [0.29, 0.717) is 63.5 Å². The number of amidine groups is 1. The predicted molar refractivity (Wildman–Crippen MR) is 194 cm³/mol. The first-order valence-corrected chi connectivity index (χ1v) is 16.5. The van der Waals surface area contributed by atoms with E-state index in [1.165, 1.54) is 7.11 Å². The predicted octanol–water partition coefficient (Wildman–Crippen LogP) is 6.68. The Morgan fingerprint density at radius 3 is 2.08 bits per heavy atom. The molecular weight excluding hydrogens is 644 g/mol. The molecule has 0 fully saturated rings. The van der Waals surface area contributed by atoms with Crippen LogP contribution in [0.15, 0.2) is 138 Å². The lowest BCUT2D eigenvalue weighted by Crippen LogP contribution is -2.52. The van der Waals surface area contributed by atoms with Crippen LogP contribution in [0, 0.1) is 0 Å². The van der Waals surface area contributed by atoms with Crippen LogP contribution in [0.25, 0.3) is 0 Å². The second-order valence-corrected chi connectivity index (χ2v) is 12.3. The highest BCUT2D eigenvalue weighted by Gasteiger charge is 2.73. The molecule has 258 valence electrons. The number of carbonyl (C=O) groups is 1. The van der Waals surface area contributed by atoms with Crippen molar-refractivity contribution in [3.63, 3.8) is 0 Å². The first kappa shape index (κ1) is 33.4. The molecule has 5 aromatic rings. The monoisotopic (exact) mass is 682 g/mol. The minimum absolute atomic E-state index is 0.217. The van der Waals surface area contributed by atoms with Gasteiger partial charge in [-0.15, -0.1) is 0 Å². The minimum Gasteiger partial charge on any atom is -0.497 e. The van der Waals surface area contributed by atoms with Gasteiger partial charge in [-0.3, -0.25) is 9.79 Å². The van der Waals surface area contributed by atoms with Crippen LogP contribution in [0.3, 0.4) is 0 Å². The Kier molecular flexibility index (Phi) is 8.97. The second kappa shape index (κ2) is 13.7. The molecule has 3 atom stereocenters. The maximum absolute atomic E-state index is 13.7. The zero-order chi connectivity index (χ0) is 35.6. The van der Waals surface area contributed by atoms with E-state index < -0.39 is 17.1 Å². The van der Waals surface area contributed by atoms with E-state index >= 15 is 0 Å². The number of nitrogens with zero attached hydrogens (tertiary/aromatic N) is 1. The van der Waals surface area contributed by atoms with Gasteiger partial charge in [0.05, 0.1) is 38.5 Å². The van der Waals surface area contributed by atoms with Gasteiger partial charge in [0.15, 0.2) is 11.2 Å². The van der Waals surface area contributed by atoms with Gasteiger partial charge in [0.25, 0.3) is 0 Å². The fourth-order valence-corrected chi connectivity index (χ4v) is 7.31. The molecule has 0 aromatic heterocycles. The molecule has 1 aliphatic carbocycles. The number of methoxy groups -OCH3 is 3. The van der Waals surface area contributed by atoms with Crippen molar-refractivity contribution in [2.45, 2.75) is 23.7 Å². The van der Waals surface area contributed by atoms with Crippen LogP contribution in [-0.2, 0) is 22.6 Å². The molecule has 9 nitrogen and oxygen atoms in total. The summed E-state index contributed by atoms with van der Waals surface area (Å²) in [6.07, 6.45) is 0.786. The van der Waals surface area contributed by atoms with Crippen molar-refractivity contribution in [3.8, 4) is 28.7 Å².